The maximum atomic E-state index is 11.5. The second-order valence-electron chi connectivity index (χ2n) is 4.71. The lowest BCUT2D eigenvalue weighted by Crippen LogP contribution is -2.30. The van der Waals surface area contributed by atoms with E-state index in [2.05, 4.69) is 6.92 Å². The molecule has 1 aliphatic carbocycles. The van der Waals surface area contributed by atoms with E-state index in [0.29, 0.717) is 5.92 Å². The Morgan fingerprint density at radius 1 is 1.27 bits per heavy atom. The van der Waals surface area contributed by atoms with Gasteiger partial charge in [0.1, 0.15) is 0 Å². The van der Waals surface area contributed by atoms with Gasteiger partial charge in [-0.3, -0.25) is 9.59 Å². The molecule has 3 unspecified atom stereocenters. The fraction of sp³-hybridized carbons (Fsp3) is 0.833. The van der Waals surface area contributed by atoms with Crippen molar-refractivity contribution in [2.45, 2.75) is 45.4 Å². The first-order valence-corrected chi connectivity index (χ1v) is 5.99. The second-order valence-corrected chi connectivity index (χ2v) is 4.71. The minimum Gasteiger partial charge on any atom is -0.393 e. The van der Waals surface area contributed by atoms with Gasteiger partial charge in [0.2, 0.25) is 0 Å². The van der Waals surface area contributed by atoms with E-state index in [4.69, 9.17) is 4.74 Å². The van der Waals surface area contributed by atoms with E-state index in [1.807, 2.05) is 0 Å². The van der Waals surface area contributed by atoms with Crippen molar-refractivity contribution in [2.24, 2.45) is 17.8 Å². The van der Waals surface area contributed by atoms with E-state index < -0.39 is 0 Å². The number of carbonyl (C=O) groups is 2. The summed E-state index contributed by atoms with van der Waals surface area (Å²) >= 11 is 0. The van der Waals surface area contributed by atoms with E-state index in [-0.39, 0.29) is 23.8 Å². The zero-order valence-electron chi connectivity index (χ0n) is 9.20. The van der Waals surface area contributed by atoms with Crippen LogP contribution in [0.25, 0.3) is 0 Å². The summed E-state index contributed by atoms with van der Waals surface area (Å²) in [6, 6.07) is 0. The first-order valence-electron chi connectivity index (χ1n) is 5.99. The molecule has 1 aliphatic heterocycles. The van der Waals surface area contributed by atoms with Gasteiger partial charge in [-0.2, -0.15) is 0 Å². The van der Waals surface area contributed by atoms with Gasteiger partial charge in [0.15, 0.2) is 0 Å². The van der Waals surface area contributed by atoms with Gasteiger partial charge in [-0.15, -0.1) is 0 Å². The molecular weight excluding hydrogens is 192 g/mol. The zero-order valence-corrected chi connectivity index (χ0v) is 9.20. The van der Waals surface area contributed by atoms with E-state index in [1.165, 1.54) is 0 Å². The first kappa shape index (κ1) is 10.7. The van der Waals surface area contributed by atoms with Crippen molar-refractivity contribution in [3.8, 4) is 0 Å². The summed E-state index contributed by atoms with van der Waals surface area (Å²) in [5.41, 5.74) is 0. The average molecular weight is 210 g/mol. The number of cyclic esters (lactones) is 2. The van der Waals surface area contributed by atoms with Crippen LogP contribution in [0.4, 0.5) is 0 Å². The van der Waals surface area contributed by atoms with Gasteiger partial charge in [-0.25, -0.2) is 0 Å². The molecule has 0 aromatic carbocycles. The van der Waals surface area contributed by atoms with Crippen molar-refractivity contribution in [3.63, 3.8) is 0 Å². The lowest BCUT2D eigenvalue weighted by atomic mass is 9.71. The van der Waals surface area contributed by atoms with E-state index in [9.17, 15) is 9.59 Å². The third-order valence-corrected chi connectivity index (χ3v) is 3.74. The molecule has 3 heteroatoms. The van der Waals surface area contributed by atoms with Crippen LogP contribution < -0.4 is 0 Å². The van der Waals surface area contributed by atoms with Gasteiger partial charge in [-0.05, 0) is 25.2 Å². The van der Waals surface area contributed by atoms with Crippen molar-refractivity contribution in [1.82, 2.24) is 0 Å². The highest BCUT2D eigenvalue weighted by molar-refractivity contribution is 5.96. The normalized spacial score (nSPS) is 35.1. The molecule has 15 heavy (non-hydrogen) atoms. The van der Waals surface area contributed by atoms with Crippen molar-refractivity contribution in [2.75, 3.05) is 0 Å². The minimum absolute atomic E-state index is 0.113. The molecule has 3 nitrogen and oxygen atoms in total. The molecule has 0 aromatic heterocycles. The Hall–Kier alpha value is -0.860. The molecule has 3 atom stereocenters. The van der Waals surface area contributed by atoms with Crippen molar-refractivity contribution >= 4 is 11.9 Å². The molecule has 1 heterocycles. The van der Waals surface area contributed by atoms with Crippen molar-refractivity contribution in [3.05, 3.63) is 0 Å². The van der Waals surface area contributed by atoms with E-state index >= 15 is 0 Å². The molecule has 2 fully saturated rings. The Bertz CT molecular complexity index is 272. The fourth-order valence-electron chi connectivity index (χ4n) is 2.94. The van der Waals surface area contributed by atoms with Crippen LogP contribution in [0.15, 0.2) is 0 Å². The van der Waals surface area contributed by atoms with Crippen LogP contribution in [0.5, 0.6) is 0 Å². The highest BCUT2D eigenvalue weighted by atomic mass is 16.6. The summed E-state index contributed by atoms with van der Waals surface area (Å²) < 4.78 is 4.74. The van der Waals surface area contributed by atoms with Crippen LogP contribution in [0.1, 0.15) is 45.4 Å². The van der Waals surface area contributed by atoms with Gasteiger partial charge in [0.25, 0.3) is 0 Å². The van der Waals surface area contributed by atoms with E-state index in [1.54, 1.807) is 0 Å². The summed E-state index contributed by atoms with van der Waals surface area (Å²) in [5, 5.41) is 0. The third kappa shape index (κ3) is 1.92. The summed E-state index contributed by atoms with van der Waals surface area (Å²) in [7, 11) is 0. The maximum Gasteiger partial charge on any atom is 0.317 e. The molecule has 1 saturated carbocycles. The Labute approximate surface area is 90.2 Å². The van der Waals surface area contributed by atoms with Crippen LogP contribution in [0.2, 0.25) is 0 Å². The standard InChI is InChI=1S/C12H18O3/c1-2-3-5-8-6-4-7-9-10(8)12(14)15-11(9)13/h8-10H,2-7H2,1H3. The molecule has 0 N–H and O–H groups in total. The smallest absolute Gasteiger partial charge is 0.317 e. The number of carbonyl (C=O) groups excluding carboxylic acids is 2. The van der Waals surface area contributed by atoms with Crippen LogP contribution in [0, 0.1) is 17.8 Å². The summed E-state index contributed by atoms with van der Waals surface area (Å²) in [6.45, 7) is 2.15. The van der Waals surface area contributed by atoms with Crippen LogP contribution in [0.3, 0.4) is 0 Å². The van der Waals surface area contributed by atoms with Crippen LogP contribution in [-0.2, 0) is 14.3 Å². The van der Waals surface area contributed by atoms with Crippen LogP contribution in [-0.4, -0.2) is 11.9 Å². The number of hydrogen-bond donors (Lipinski definition) is 0. The molecule has 2 aliphatic rings. The lowest BCUT2D eigenvalue weighted by molar-refractivity contribution is -0.154. The molecule has 84 valence electrons. The Morgan fingerprint density at radius 2 is 2.07 bits per heavy atom. The lowest BCUT2D eigenvalue weighted by Gasteiger charge is -2.29. The first-order chi connectivity index (χ1) is 7.24. The van der Waals surface area contributed by atoms with Crippen molar-refractivity contribution in [1.29, 1.82) is 0 Å². The monoisotopic (exact) mass is 210 g/mol. The Kier molecular flexibility index (Phi) is 3.08. The van der Waals surface area contributed by atoms with Crippen LogP contribution >= 0.6 is 0 Å². The average Bonchev–Trinajstić information content (AvgIpc) is 2.53. The second kappa shape index (κ2) is 4.33. The number of fused-ring (bicyclic) bond motifs is 1. The molecule has 0 amide bonds. The summed E-state index contributed by atoms with van der Waals surface area (Å²) in [4.78, 5) is 22.9. The minimum atomic E-state index is -0.272. The third-order valence-electron chi connectivity index (χ3n) is 3.74. The molecule has 2 rings (SSSR count). The summed E-state index contributed by atoms with van der Waals surface area (Å²) in [5.74, 6) is -0.370. The topological polar surface area (TPSA) is 43.4 Å². The van der Waals surface area contributed by atoms with Gasteiger partial charge >= 0.3 is 11.9 Å². The van der Waals surface area contributed by atoms with Gasteiger partial charge in [-0.1, -0.05) is 26.2 Å². The quantitative estimate of drug-likeness (QED) is 0.530. The highest BCUT2D eigenvalue weighted by Gasteiger charge is 2.49. The molecule has 0 spiro atoms. The molecule has 0 aromatic rings. The predicted molar refractivity (Wildman–Crippen MR) is 54.9 cm³/mol. The van der Waals surface area contributed by atoms with Gasteiger partial charge < -0.3 is 4.74 Å². The Balaban J connectivity index is 2.06. The maximum absolute atomic E-state index is 11.5. The molecular formula is C12H18O3. The number of hydrogen-bond acceptors (Lipinski definition) is 3. The predicted octanol–water partition coefficient (Wildman–Crippen LogP) is 2.29. The zero-order chi connectivity index (χ0) is 10.8. The molecule has 0 radical (unpaired) electrons. The van der Waals surface area contributed by atoms with Gasteiger partial charge in [0.05, 0.1) is 11.8 Å². The largest absolute Gasteiger partial charge is 0.393 e. The molecule has 0 bridgehead atoms. The number of unbranched alkanes of at least 4 members (excludes halogenated alkanes) is 1. The van der Waals surface area contributed by atoms with Gasteiger partial charge in [0, 0.05) is 0 Å². The summed E-state index contributed by atoms with van der Waals surface area (Å²) in [6.07, 6.45) is 6.37. The fourth-order valence-corrected chi connectivity index (χ4v) is 2.94. The number of esters is 2. The SMILES string of the molecule is CCCCC1CCCC2C(=O)OC(=O)C12. The molecule has 1 saturated heterocycles. The highest BCUT2D eigenvalue weighted by Crippen LogP contribution is 2.42. The number of rotatable bonds is 3. The number of ether oxygens (including phenoxy) is 1. The Morgan fingerprint density at radius 3 is 2.80 bits per heavy atom. The van der Waals surface area contributed by atoms with Crippen molar-refractivity contribution < 1.29 is 14.3 Å². The van der Waals surface area contributed by atoms with E-state index in [0.717, 1.165) is 38.5 Å².